The summed E-state index contributed by atoms with van der Waals surface area (Å²) in [6.45, 7) is 7.33. The second kappa shape index (κ2) is 10.6. The van der Waals surface area contributed by atoms with Gasteiger partial charge < -0.3 is 15.4 Å². The first kappa shape index (κ1) is 29.0. The molecule has 1 aliphatic rings. The predicted molar refractivity (Wildman–Crippen MR) is 128 cm³/mol. The van der Waals surface area contributed by atoms with E-state index in [0.717, 1.165) is 5.56 Å². The number of hydrogen-bond acceptors (Lipinski definition) is 3. The van der Waals surface area contributed by atoms with Crippen LogP contribution >= 0.6 is 0 Å². The van der Waals surface area contributed by atoms with E-state index >= 15 is 0 Å². The zero-order valence-electron chi connectivity index (χ0n) is 21.2. The molecule has 3 rings (SSSR count). The van der Waals surface area contributed by atoms with Gasteiger partial charge in [-0.15, -0.1) is 0 Å². The van der Waals surface area contributed by atoms with Crippen molar-refractivity contribution in [1.29, 1.82) is 0 Å². The molecule has 10 heteroatoms. The van der Waals surface area contributed by atoms with Crippen molar-refractivity contribution < 1.29 is 35.9 Å². The first-order valence-electron chi connectivity index (χ1n) is 12.0. The van der Waals surface area contributed by atoms with Crippen molar-refractivity contribution in [2.75, 3.05) is 13.2 Å². The summed E-state index contributed by atoms with van der Waals surface area (Å²) in [6.07, 6.45) is -9.75. The summed E-state index contributed by atoms with van der Waals surface area (Å²) in [6, 6.07) is 10.7. The standard InChI is InChI=1S/C27H32F6N2O2/c1-17(18-12-20(26(28,29)30)14-21(13-18)27(31,32)33)37-16-25(19-8-6-5-7-9-19)11-10-22(15-34-25)35-23(36)24(2,3)4/h5-9,12-14,17,22,34H,10-11,15-16H2,1-4H3,(H,35,36). The van der Waals surface area contributed by atoms with Crippen molar-refractivity contribution in [2.24, 2.45) is 5.41 Å². The van der Waals surface area contributed by atoms with Gasteiger partial charge in [-0.2, -0.15) is 26.3 Å². The molecule has 0 aliphatic carbocycles. The Hall–Kier alpha value is -2.59. The van der Waals surface area contributed by atoms with Crippen molar-refractivity contribution in [3.8, 4) is 0 Å². The topological polar surface area (TPSA) is 50.4 Å². The fourth-order valence-electron chi connectivity index (χ4n) is 4.24. The summed E-state index contributed by atoms with van der Waals surface area (Å²) >= 11 is 0. The van der Waals surface area contributed by atoms with E-state index in [1.54, 1.807) is 0 Å². The van der Waals surface area contributed by atoms with E-state index in [4.69, 9.17) is 4.74 Å². The molecule has 0 saturated carbocycles. The second-order valence-corrected chi connectivity index (χ2v) is 10.6. The number of benzene rings is 2. The van der Waals surface area contributed by atoms with Crippen LogP contribution in [0.1, 0.15) is 68.9 Å². The van der Waals surface area contributed by atoms with Crippen molar-refractivity contribution in [1.82, 2.24) is 10.6 Å². The van der Waals surface area contributed by atoms with Gasteiger partial charge >= 0.3 is 12.4 Å². The quantitative estimate of drug-likeness (QED) is 0.413. The number of carbonyl (C=O) groups excluding carboxylic acids is 1. The Morgan fingerprint density at radius 1 is 1.03 bits per heavy atom. The summed E-state index contributed by atoms with van der Waals surface area (Å²) < 4.78 is 85.8. The Morgan fingerprint density at radius 3 is 2.05 bits per heavy atom. The summed E-state index contributed by atoms with van der Waals surface area (Å²) in [7, 11) is 0. The van der Waals surface area contributed by atoms with Crippen LogP contribution in [0.4, 0.5) is 26.3 Å². The van der Waals surface area contributed by atoms with Crippen molar-refractivity contribution in [3.05, 3.63) is 70.8 Å². The monoisotopic (exact) mass is 530 g/mol. The molecule has 3 unspecified atom stereocenters. The highest BCUT2D eigenvalue weighted by Gasteiger charge is 2.40. The lowest BCUT2D eigenvalue weighted by molar-refractivity contribution is -0.143. The Balaban J connectivity index is 1.81. The third kappa shape index (κ3) is 7.25. The van der Waals surface area contributed by atoms with Crippen LogP contribution in [0.15, 0.2) is 48.5 Å². The molecule has 2 N–H and O–H groups in total. The normalized spacial score (nSPS) is 21.9. The largest absolute Gasteiger partial charge is 0.416 e. The summed E-state index contributed by atoms with van der Waals surface area (Å²) in [5.41, 5.74) is -3.36. The van der Waals surface area contributed by atoms with E-state index in [2.05, 4.69) is 10.6 Å². The lowest BCUT2D eigenvalue weighted by Gasteiger charge is -2.42. The van der Waals surface area contributed by atoms with Gasteiger partial charge in [0.1, 0.15) is 0 Å². The number of rotatable bonds is 6. The molecule has 1 aliphatic heterocycles. The average molecular weight is 531 g/mol. The summed E-state index contributed by atoms with van der Waals surface area (Å²) in [5.74, 6) is -0.0820. The molecule has 1 saturated heterocycles. The minimum atomic E-state index is -4.93. The zero-order valence-corrected chi connectivity index (χ0v) is 21.2. The fraction of sp³-hybridized carbons (Fsp3) is 0.519. The molecule has 0 spiro atoms. The van der Waals surface area contributed by atoms with Crippen LogP contribution < -0.4 is 10.6 Å². The minimum Gasteiger partial charge on any atom is -0.372 e. The summed E-state index contributed by atoms with van der Waals surface area (Å²) in [4.78, 5) is 12.4. The molecule has 1 heterocycles. The number of hydrogen-bond donors (Lipinski definition) is 2. The van der Waals surface area contributed by atoms with Crippen LogP contribution in [0.25, 0.3) is 0 Å². The maximum absolute atomic E-state index is 13.3. The van der Waals surface area contributed by atoms with Gasteiger partial charge in [0.2, 0.25) is 5.91 Å². The number of alkyl halides is 6. The third-order valence-electron chi connectivity index (χ3n) is 6.61. The van der Waals surface area contributed by atoms with Gasteiger partial charge in [0, 0.05) is 18.0 Å². The number of carbonyl (C=O) groups is 1. The SMILES string of the molecule is CC(OCC1(c2ccccc2)CCC(NC(=O)C(C)(C)C)CN1)c1cc(C(F)(F)F)cc(C(F)(F)F)c1. The molecule has 0 bridgehead atoms. The van der Waals surface area contributed by atoms with E-state index in [9.17, 15) is 31.1 Å². The van der Waals surface area contributed by atoms with Crippen molar-refractivity contribution in [3.63, 3.8) is 0 Å². The maximum Gasteiger partial charge on any atom is 0.416 e. The van der Waals surface area contributed by atoms with Crippen LogP contribution in [0, 0.1) is 5.41 Å². The molecule has 37 heavy (non-hydrogen) atoms. The number of ether oxygens (including phenoxy) is 1. The number of halogens is 6. The van der Waals surface area contributed by atoms with E-state index in [-0.39, 0.29) is 30.2 Å². The molecule has 3 atom stereocenters. The highest BCUT2D eigenvalue weighted by atomic mass is 19.4. The van der Waals surface area contributed by atoms with Gasteiger partial charge in [-0.3, -0.25) is 4.79 Å². The molecule has 0 aromatic heterocycles. The van der Waals surface area contributed by atoms with Crippen LogP contribution in [-0.2, 0) is 27.4 Å². The van der Waals surface area contributed by atoms with E-state index in [0.29, 0.717) is 31.5 Å². The van der Waals surface area contributed by atoms with Gasteiger partial charge in [-0.05, 0) is 49.1 Å². The molecule has 204 valence electrons. The maximum atomic E-state index is 13.3. The first-order valence-corrected chi connectivity index (χ1v) is 12.0. The lowest BCUT2D eigenvalue weighted by atomic mass is 9.81. The Kier molecular flexibility index (Phi) is 8.34. The van der Waals surface area contributed by atoms with E-state index < -0.39 is 40.5 Å². The average Bonchev–Trinajstić information content (AvgIpc) is 2.82. The molecule has 1 fully saturated rings. The molecule has 2 aromatic carbocycles. The number of nitrogens with one attached hydrogen (secondary N) is 2. The molecule has 0 radical (unpaired) electrons. The molecule has 4 nitrogen and oxygen atoms in total. The molecular formula is C27H32F6N2O2. The van der Waals surface area contributed by atoms with E-state index in [1.807, 2.05) is 51.1 Å². The fourth-order valence-corrected chi connectivity index (χ4v) is 4.24. The Labute approximate surface area is 212 Å². The third-order valence-corrected chi connectivity index (χ3v) is 6.61. The van der Waals surface area contributed by atoms with Crippen molar-refractivity contribution in [2.45, 2.75) is 70.6 Å². The van der Waals surface area contributed by atoms with Crippen LogP contribution in [-0.4, -0.2) is 25.1 Å². The molecule has 2 aromatic rings. The van der Waals surface area contributed by atoms with Crippen LogP contribution in [0.2, 0.25) is 0 Å². The van der Waals surface area contributed by atoms with Crippen molar-refractivity contribution >= 4 is 5.91 Å². The lowest BCUT2D eigenvalue weighted by Crippen LogP contribution is -2.58. The van der Waals surface area contributed by atoms with Gasteiger partial charge in [0.15, 0.2) is 0 Å². The van der Waals surface area contributed by atoms with Crippen LogP contribution in [0.3, 0.4) is 0 Å². The first-order chi connectivity index (χ1) is 17.0. The second-order valence-electron chi connectivity index (χ2n) is 10.6. The van der Waals surface area contributed by atoms with Gasteiger partial charge in [0.05, 0.1) is 29.4 Å². The van der Waals surface area contributed by atoms with Gasteiger partial charge in [-0.25, -0.2) is 0 Å². The van der Waals surface area contributed by atoms with E-state index in [1.165, 1.54) is 6.92 Å². The smallest absolute Gasteiger partial charge is 0.372 e. The summed E-state index contributed by atoms with van der Waals surface area (Å²) in [5, 5.41) is 6.46. The highest BCUT2D eigenvalue weighted by Crippen LogP contribution is 2.39. The predicted octanol–water partition coefficient (Wildman–Crippen LogP) is 6.61. The zero-order chi connectivity index (χ0) is 27.6. The molecule has 1 amide bonds. The van der Waals surface area contributed by atoms with Gasteiger partial charge in [-0.1, -0.05) is 51.1 Å². The van der Waals surface area contributed by atoms with Crippen LogP contribution in [0.5, 0.6) is 0 Å². The molecular weight excluding hydrogens is 498 g/mol. The number of piperidine rings is 1. The highest BCUT2D eigenvalue weighted by molar-refractivity contribution is 5.81. The minimum absolute atomic E-state index is 0.00964. The Morgan fingerprint density at radius 2 is 1.59 bits per heavy atom. The number of amides is 1. The van der Waals surface area contributed by atoms with Gasteiger partial charge in [0.25, 0.3) is 0 Å². The Bertz CT molecular complexity index is 1040.